The number of aromatic nitrogens is 2. The van der Waals surface area contributed by atoms with Crippen LogP contribution in [0.2, 0.25) is 0 Å². The fourth-order valence-electron chi connectivity index (χ4n) is 2.79. The summed E-state index contributed by atoms with van der Waals surface area (Å²) >= 11 is 0. The lowest BCUT2D eigenvalue weighted by atomic mass is 9.86. The minimum absolute atomic E-state index is 0. The second-order valence-corrected chi connectivity index (χ2v) is 5.69. The first kappa shape index (κ1) is 21.0. The maximum Gasteiger partial charge on any atom is 0.411 e. The number of halogens is 4. The van der Waals surface area contributed by atoms with Crippen molar-refractivity contribution in [1.29, 1.82) is 0 Å². The molecule has 2 rings (SSSR count). The molecule has 0 unspecified atom stereocenters. The van der Waals surface area contributed by atoms with E-state index in [1.165, 1.54) is 18.0 Å². The smallest absolute Gasteiger partial charge is 0.411 e. The number of methoxy groups -OCH3 is 1. The zero-order chi connectivity index (χ0) is 17.3. The Hall–Kier alpha value is -1.04. The molecule has 6 nitrogen and oxygen atoms in total. The van der Waals surface area contributed by atoms with Crippen LogP contribution in [0.4, 0.5) is 13.2 Å². The Morgan fingerprint density at radius 3 is 2.46 bits per heavy atom. The van der Waals surface area contributed by atoms with Crippen LogP contribution in [-0.4, -0.2) is 59.0 Å². The zero-order valence-corrected chi connectivity index (χ0v) is 16.1. The van der Waals surface area contributed by atoms with Gasteiger partial charge in [0.05, 0.1) is 7.11 Å². The first-order valence-corrected chi connectivity index (χ1v) is 7.41. The van der Waals surface area contributed by atoms with E-state index in [1.807, 2.05) is 11.8 Å². The molecule has 0 spiro atoms. The Morgan fingerprint density at radius 1 is 1.42 bits per heavy atom. The average molecular weight is 462 g/mol. The van der Waals surface area contributed by atoms with E-state index in [2.05, 4.69) is 10.4 Å². The van der Waals surface area contributed by atoms with E-state index in [0.717, 1.165) is 0 Å². The van der Waals surface area contributed by atoms with Crippen LogP contribution in [0.25, 0.3) is 0 Å². The van der Waals surface area contributed by atoms with Crippen LogP contribution in [0.15, 0.2) is 6.20 Å². The molecule has 1 amide bonds. The van der Waals surface area contributed by atoms with Crippen molar-refractivity contribution in [3.63, 3.8) is 0 Å². The fourth-order valence-corrected chi connectivity index (χ4v) is 2.79. The van der Waals surface area contributed by atoms with Crippen molar-refractivity contribution in [3.8, 4) is 5.88 Å². The molecule has 0 saturated carbocycles. The van der Waals surface area contributed by atoms with Crippen molar-refractivity contribution in [2.24, 2.45) is 7.05 Å². The molecule has 138 valence electrons. The number of alkyl halides is 3. The summed E-state index contributed by atoms with van der Waals surface area (Å²) in [5, 5.41) is 6.10. The molecule has 1 fully saturated rings. The summed E-state index contributed by atoms with van der Waals surface area (Å²) in [5.74, 6) is -0.814. The number of ether oxygens (including phenoxy) is 1. The molecular formula is C14H22F3IN4O2. The maximum absolute atomic E-state index is 13.6. The molecule has 1 aromatic heterocycles. The van der Waals surface area contributed by atoms with Gasteiger partial charge in [-0.2, -0.15) is 13.2 Å². The summed E-state index contributed by atoms with van der Waals surface area (Å²) in [4.78, 5) is 14.3. The molecule has 1 saturated heterocycles. The van der Waals surface area contributed by atoms with Crippen LogP contribution < -0.4 is 10.1 Å². The number of carbonyl (C=O) groups excluding carboxylic acids is 1. The molecule has 1 N–H and O–H groups in total. The van der Waals surface area contributed by atoms with E-state index in [9.17, 15) is 18.0 Å². The molecular weight excluding hydrogens is 440 g/mol. The number of carbonyl (C=O) groups is 1. The summed E-state index contributed by atoms with van der Waals surface area (Å²) < 4.78 is 47.1. The molecule has 0 aromatic carbocycles. The third kappa shape index (κ3) is 4.13. The third-order valence-electron chi connectivity index (χ3n) is 4.29. The lowest BCUT2D eigenvalue weighted by molar-refractivity contribution is -0.205. The Morgan fingerprint density at radius 2 is 2.00 bits per heavy atom. The number of hydrogen-bond acceptors (Lipinski definition) is 4. The maximum atomic E-state index is 13.6. The number of aryl methyl sites for hydroxylation is 1. The summed E-state index contributed by atoms with van der Waals surface area (Å²) in [6.07, 6.45) is -3.51. The Balaban J connectivity index is 0.00000288. The topological polar surface area (TPSA) is 59.4 Å². The van der Waals surface area contributed by atoms with Crippen LogP contribution >= 0.6 is 24.0 Å². The van der Waals surface area contributed by atoms with Crippen molar-refractivity contribution in [2.75, 3.05) is 26.7 Å². The molecule has 0 bridgehead atoms. The van der Waals surface area contributed by atoms with Gasteiger partial charge in [-0.25, -0.2) is 0 Å². The van der Waals surface area contributed by atoms with E-state index in [1.54, 1.807) is 7.05 Å². The van der Waals surface area contributed by atoms with E-state index in [4.69, 9.17) is 4.74 Å². The fraction of sp³-hybridized carbons (Fsp3) is 0.714. The van der Waals surface area contributed by atoms with Gasteiger partial charge < -0.3 is 15.0 Å². The first-order chi connectivity index (χ1) is 10.7. The van der Waals surface area contributed by atoms with Crippen LogP contribution in [0, 0.1) is 0 Å². The van der Waals surface area contributed by atoms with Crippen LogP contribution in [0.3, 0.4) is 0 Å². The van der Waals surface area contributed by atoms with Gasteiger partial charge in [-0.3, -0.25) is 9.48 Å². The largest absolute Gasteiger partial charge is 0.479 e. The van der Waals surface area contributed by atoms with Crippen molar-refractivity contribution >= 4 is 29.9 Å². The molecule has 1 aliphatic heterocycles. The number of hydrogen-bond donors (Lipinski definition) is 1. The van der Waals surface area contributed by atoms with E-state index in [0.29, 0.717) is 19.6 Å². The minimum Gasteiger partial charge on any atom is -0.479 e. The molecule has 0 aliphatic carbocycles. The van der Waals surface area contributed by atoms with Gasteiger partial charge in [0, 0.05) is 26.3 Å². The standard InChI is InChI=1S/C14H21F3N4O2.HI/c1-4-21-7-5-13(6-8-21,14(15,16)17)18-11(22)10-9-20(2)19-12(10)23-3;/h9H,4-8H2,1-3H3,(H,18,22);1H. The highest BCUT2D eigenvalue weighted by Crippen LogP contribution is 2.39. The van der Waals surface area contributed by atoms with Gasteiger partial charge in [-0.15, -0.1) is 29.1 Å². The summed E-state index contributed by atoms with van der Waals surface area (Å²) in [6.45, 7) is 3.18. The van der Waals surface area contributed by atoms with E-state index in [-0.39, 0.29) is 48.3 Å². The van der Waals surface area contributed by atoms with Crippen molar-refractivity contribution < 1.29 is 22.7 Å². The Kier molecular flexibility index (Phi) is 6.91. The molecule has 0 radical (unpaired) electrons. The normalized spacial score (nSPS) is 17.9. The van der Waals surface area contributed by atoms with Gasteiger partial charge in [-0.05, 0) is 19.4 Å². The first-order valence-electron chi connectivity index (χ1n) is 7.41. The Labute approximate surface area is 155 Å². The highest BCUT2D eigenvalue weighted by atomic mass is 127. The Bertz CT molecular complexity index is 569. The van der Waals surface area contributed by atoms with Gasteiger partial charge >= 0.3 is 6.18 Å². The van der Waals surface area contributed by atoms with Crippen molar-refractivity contribution in [2.45, 2.75) is 31.5 Å². The molecule has 2 heterocycles. The zero-order valence-electron chi connectivity index (χ0n) is 13.8. The quantitative estimate of drug-likeness (QED) is 0.698. The number of nitrogens with zero attached hydrogens (tertiary/aromatic N) is 3. The van der Waals surface area contributed by atoms with Gasteiger partial charge in [0.25, 0.3) is 5.91 Å². The summed E-state index contributed by atoms with van der Waals surface area (Å²) in [6, 6.07) is 0. The molecule has 10 heteroatoms. The van der Waals surface area contributed by atoms with Crippen LogP contribution in [-0.2, 0) is 7.05 Å². The van der Waals surface area contributed by atoms with Gasteiger partial charge in [0.2, 0.25) is 5.88 Å². The lowest BCUT2D eigenvalue weighted by Gasteiger charge is -2.43. The van der Waals surface area contributed by atoms with Crippen molar-refractivity contribution in [1.82, 2.24) is 20.0 Å². The summed E-state index contributed by atoms with van der Waals surface area (Å²) in [7, 11) is 2.89. The molecule has 1 aliphatic rings. The highest BCUT2D eigenvalue weighted by molar-refractivity contribution is 14.0. The predicted octanol–water partition coefficient (Wildman–Crippen LogP) is 2.19. The van der Waals surface area contributed by atoms with Gasteiger partial charge in [-0.1, -0.05) is 6.92 Å². The number of rotatable bonds is 4. The monoisotopic (exact) mass is 462 g/mol. The lowest BCUT2D eigenvalue weighted by Crippen LogP contribution is -2.63. The van der Waals surface area contributed by atoms with Gasteiger partial charge in [0.1, 0.15) is 11.1 Å². The number of amides is 1. The average Bonchev–Trinajstić information content (AvgIpc) is 2.88. The second kappa shape index (κ2) is 7.89. The minimum atomic E-state index is -4.52. The molecule has 24 heavy (non-hydrogen) atoms. The van der Waals surface area contributed by atoms with E-state index >= 15 is 0 Å². The number of piperidine rings is 1. The number of likely N-dealkylation sites (tertiary alicyclic amines) is 1. The second-order valence-electron chi connectivity index (χ2n) is 5.69. The van der Waals surface area contributed by atoms with Crippen molar-refractivity contribution in [3.05, 3.63) is 11.8 Å². The van der Waals surface area contributed by atoms with E-state index < -0.39 is 17.6 Å². The van der Waals surface area contributed by atoms with Gasteiger partial charge in [0.15, 0.2) is 0 Å². The molecule has 0 atom stereocenters. The third-order valence-corrected chi connectivity index (χ3v) is 4.29. The highest BCUT2D eigenvalue weighted by Gasteiger charge is 2.56. The SMILES string of the molecule is CCN1CCC(NC(=O)c2cn(C)nc2OC)(C(F)(F)F)CC1.I. The van der Waals surface area contributed by atoms with Crippen LogP contribution in [0.1, 0.15) is 30.1 Å². The molecule has 1 aromatic rings. The number of nitrogens with one attached hydrogen (secondary N) is 1. The summed E-state index contributed by atoms with van der Waals surface area (Å²) in [5.41, 5.74) is -2.21. The predicted molar refractivity (Wildman–Crippen MR) is 92.8 cm³/mol. The van der Waals surface area contributed by atoms with Crippen LogP contribution in [0.5, 0.6) is 5.88 Å².